The number of carbonyl (C=O) groups excluding carboxylic acids is 1. The number of aromatic nitrogens is 2. The Morgan fingerprint density at radius 2 is 1.91 bits per heavy atom. The molecule has 182 valence electrons. The molecule has 0 bridgehead atoms. The molecule has 0 aliphatic carbocycles. The number of hydrogen-bond donors (Lipinski definition) is 1. The lowest BCUT2D eigenvalue weighted by atomic mass is 10.1. The quantitative estimate of drug-likeness (QED) is 0.248. The van der Waals surface area contributed by atoms with E-state index >= 15 is 0 Å². The van der Waals surface area contributed by atoms with E-state index in [0.29, 0.717) is 52.4 Å². The molecular formula is C26H28N4O3S2. The SMILES string of the molecule is CC(C)OCCCNc1nc2ccccn2c(=O)c1C=C1SC(=S)N(CCc2ccccc2)C1=O. The van der Waals surface area contributed by atoms with E-state index in [4.69, 9.17) is 17.0 Å². The monoisotopic (exact) mass is 508 g/mol. The van der Waals surface area contributed by atoms with E-state index in [1.807, 2.05) is 50.2 Å². The Kier molecular flexibility index (Phi) is 8.33. The predicted octanol–water partition coefficient (Wildman–Crippen LogP) is 4.37. The number of hydrogen-bond acceptors (Lipinski definition) is 7. The first-order valence-electron chi connectivity index (χ1n) is 11.6. The summed E-state index contributed by atoms with van der Waals surface area (Å²) in [7, 11) is 0. The second kappa shape index (κ2) is 11.6. The molecule has 0 radical (unpaired) electrons. The van der Waals surface area contributed by atoms with Gasteiger partial charge < -0.3 is 10.1 Å². The molecule has 7 nitrogen and oxygen atoms in total. The zero-order valence-electron chi connectivity index (χ0n) is 19.8. The Bertz CT molecular complexity index is 1300. The number of fused-ring (bicyclic) bond motifs is 1. The van der Waals surface area contributed by atoms with Crippen molar-refractivity contribution in [3.8, 4) is 0 Å². The summed E-state index contributed by atoms with van der Waals surface area (Å²) in [5, 5.41) is 3.26. The maximum Gasteiger partial charge on any atom is 0.267 e. The van der Waals surface area contributed by atoms with Gasteiger partial charge in [0.1, 0.15) is 15.8 Å². The van der Waals surface area contributed by atoms with Crippen molar-refractivity contribution in [2.24, 2.45) is 0 Å². The van der Waals surface area contributed by atoms with E-state index in [1.165, 1.54) is 16.2 Å². The first-order chi connectivity index (χ1) is 16.9. The van der Waals surface area contributed by atoms with Crippen LogP contribution in [0.25, 0.3) is 11.7 Å². The number of amides is 1. The van der Waals surface area contributed by atoms with Crippen LogP contribution < -0.4 is 10.9 Å². The van der Waals surface area contributed by atoms with Crippen molar-refractivity contribution in [1.29, 1.82) is 0 Å². The van der Waals surface area contributed by atoms with Crippen LogP contribution in [0.15, 0.2) is 64.4 Å². The number of carbonyl (C=O) groups is 1. The Balaban J connectivity index is 1.58. The molecule has 3 heterocycles. The van der Waals surface area contributed by atoms with E-state index in [-0.39, 0.29) is 17.6 Å². The number of ether oxygens (including phenoxy) is 1. The fraction of sp³-hybridized carbons (Fsp3) is 0.308. The van der Waals surface area contributed by atoms with E-state index in [1.54, 1.807) is 29.3 Å². The van der Waals surface area contributed by atoms with Crippen molar-refractivity contribution < 1.29 is 9.53 Å². The molecule has 3 aromatic rings. The topological polar surface area (TPSA) is 75.9 Å². The zero-order chi connectivity index (χ0) is 24.8. The number of anilines is 1. The Morgan fingerprint density at radius 1 is 1.14 bits per heavy atom. The van der Waals surface area contributed by atoms with Crippen LogP contribution in [0.5, 0.6) is 0 Å². The Hall–Kier alpha value is -3.01. The van der Waals surface area contributed by atoms with Crippen LogP contribution in [-0.4, -0.2) is 50.3 Å². The highest BCUT2D eigenvalue weighted by Gasteiger charge is 2.32. The van der Waals surface area contributed by atoms with Crippen molar-refractivity contribution >= 4 is 51.7 Å². The first-order valence-corrected chi connectivity index (χ1v) is 12.8. The summed E-state index contributed by atoms with van der Waals surface area (Å²) in [6, 6.07) is 15.4. The van der Waals surface area contributed by atoms with Crippen LogP contribution in [0.1, 0.15) is 31.4 Å². The summed E-state index contributed by atoms with van der Waals surface area (Å²) < 4.78 is 7.57. The van der Waals surface area contributed by atoms with Crippen LogP contribution in [0.3, 0.4) is 0 Å². The van der Waals surface area contributed by atoms with Gasteiger partial charge in [-0.1, -0.05) is 60.4 Å². The molecule has 1 fully saturated rings. The van der Waals surface area contributed by atoms with Crippen LogP contribution in [-0.2, 0) is 16.0 Å². The average molecular weight is 509 g/mol. The third kappa shape index (κ3) is 6.17. The largest absolute Gasteiger partial charge is 0.379 e. The second-order valence-corrected chi connectivity index (χ2v) is 10.1. The van der Waals surface area contributed by atoms with Gasteiger partial charge in [-0.3, -0.25) is 18.9 Å². The summed E-state index contributed by atoms with van der Waals surface area (Å²) in [5.41, 5.74) is 1.76. The number of rotatable bonds is 10. The number of nitrogens with one attached hydrogen (secondary N) is 1. The number of nitrogens with zero attached hydrogens (tertiary/aromatic N) is 3. The Morgan fingerprint density at radius 3 is 2.69 bits per heavy atom. The molecule has 0 spiro atoms. The molecule has 1 aliphatic heterocycles. The van der Waals surface area contributed by atoms with E-state index in [0.717, 1.165) is 12.0 Å². The highest BCUT2D eigenvalue weighted by molar-refractivity contribution is 8.26. The number of pyridine rings is 1. The lowest BCUT2D eigenvalue weighted by molar-refractivity contribution is -0.122. The van der Waals surface area contributed by atoms with Crippen molar-refractivity contribution in [2.45, 2.75) is 32.8 Å². The highest BCUT2D eigenvalue weighted by Crippen LogP contribution is 2.33. The van der Waals surface area contributed by atoms with Gasteiger partial charge in [0.05, 0.1) is 16.6 Å². The summed E-state index contributed by atoms with van der Waals surface area (Å²) in [4.78, 5) is 33.2. The van der Waals surface area contributed by atoms with Gasteiger partial charge in [0.25, 0.3) is 11.5 Å². The number of thioether (sulfide) groups is 1. The molecule has 1 N–H and O–H groups in total. The lowest BCUT2D eigenvalue weighted by Crippen LogP contribution is -2.30. The van der Waals surface area contributed by atoms with Gasteiger partial charge in [-0.05, 0) is 50.5 Å². The van der Waals surface area contributed by atoms with Gasteiger partial charge in [-0.2, -0.15) is 0 Å². The standard InChI is InChI=1S/C26H28N4O3S2/c1-18(2)33-16-8-13-27-23-20(24(31)29-14-7-6-11-22(29)28-23)17-21-25(32)30(26(34)35-21)15-12-19-9-4-3-5-10-19/h3-7,9-11,14,17-18,27H,8,12-13,15-16H2,1-2H3. The van der Waals surface area contributed by atoms with Crippen molar-refractivity contribution in [2.75, 3.05) is 25.0 Å². The molecule has 1 amide bonds. The minimum Gasteiger partial charge on any atom is -0.379 e. The van der Waals surface area contributed by atoms with Crippen LogP contribution in [0.4, 0.5) is 5.82 Å². The highest BCUT2D eigenvalue weighted by atomic mass is 32.2. The van der Waals surface area contributed by atoms with E-state index in [2.05, 4.69) is 10.3 Å². The number of thiocarbonyl (C=S) groups is 1. The summed E-state index contributed by atoms with van der Waals surface area (Å²) >= 11 is 6.70. The molecular weight excluding hydrogens is 480 g/mol. The predicted molar refractivity (Wildman–Crippen MR) is 146 cm³/mol. The summed E-state index contributed by atoms with van der Waals surface area (Å²) in [6.45, 7) is 5.66. The summed E-state index contributed by atoms with van der Waals surface area (Å²) in [5.74, 6) is 0.255. The molecule has 4 rings (SSSR count). The van der Waals surface area contributed by atoms with Crippen molar-refractivity contribution in [3.63, 3.8) is 0 Å². The fourth-order valence-electron chi connectivity index (χ4n) is 3.68. The number of benzene rings is 1. The van der Waals surface area contributed by atoms with Gasteiger partial charge in [-0.25, -0.2) is 4.98 Å². The Labute approximate surface area is 214 Å². The zero-order valence-corrected chi connectivity index (χ0v) is 21.4. The maximum absolute atomic E-state index is 13.3. The smallest absolute Gasteiger partial charge is 0.267 e. The molecule has 1 saturated heterocycles. The molecule has 0 atom stereocenters. The molecule has 0 unspecified atom stereocenters. The molecule has 1 aromatic carbocycles. The van der Waals surface area contributed by atoms with Crippen LogP contribution >= 0.6 is 24.0 Å². The molecule has 35 heavy (non-hydrogen) atoms. The summed E-state index contributed by atoms with van der Waals surface area (Å²) in [6.07, 6.45) is 4.91. The van der Waals surface area contributed by atoms with Crippen molar-refractivity contribution in [3.05, 3.63) is 81.1 Å². The molecule has 1 aliphatic rings. The minimum atomic E-state index is -0.244. The van der Waals surface area contributed by atoms with Crippen LogP contribution in [0, 0.1) is 0 Å². The van der Waals surface area contributed by atoms with Gasteiger partial charge in [-0.15, -0.1) is 0 Å². The lowest BCUT2D eigenvalue weighted by Gasteiger charge is -2.14. The second-order valence-electron chi connectivity index (χ2n) is 8.38. The maximum atomic E-state index is 13.3. The van der Waals surface area contributed by atoms with Gasteiger partial charge >= 0.3 is 0 Å². The normalized spacial score (nSPS) is 15.1. The minimum absolute atomic E-state index is 0.165. The molecule has 9 heteroatoms. The molecule has 2 aromatic heterocycles. The van der Waals surface area contributed by atoms with E-state index < -0.39 is 0 Å². The third-order valence-corrected chi connectivity index (χ3v) is 6.83. The van der Waals surface area contributed by atoms with Gasteiger partial charge in [0, 0.05) is 25.9 Å². The van der Waals surface area contributed by atoms with Gasteiger partial charge in [0.15, 0.2) is 0 Å². The first kappa shape index (κ1) is 25.1. The average Bonchev–Trinajstić information content (AvgIpc) is 3.12. The van der Waals surface area contributed by atoms with E-state index in [9.17, 15) is 9.59 Å². The van der Waals surface area contributed by atoms with Crippen LogP contribution in [0.2, 0.25) is 0 Å². The van der Waals surface area contributed by atoms with Gasteiger partial charge in [0.2, 0.25) is 0 Å². The van der Waals surface area contributed by atoms with Crippen molar-refractivity contribution in [1.82, 2.24) is 14.3 Å². The fourth-order valence-corrected chi connectivity index (χ4v) is 4.97. The molecule has 0 saturated carbocycles. The third-order valence-electron chi connectivity index (χ3n) is 5.45.